The second kappa shape index (κ2) is 9.67. The van der Waals surface area contributed by atoms with Crippen LogP contribution in [0.25, 0.3) is 0 Å². The number of pyridine rings is 1. The molecular weight excluding hydrogens is 387 g/mol. The molecular formula is C26H27FN4. The third-order valence-electron chi connectivity index (χ3n) is 5.57. The van der Waals surface area contributed by atoms with Gasteiger partial charge >= 0.3 is 0 Å². The van der Waals surface area contributed by atoms with Crippen LogP contribution in [0.2, 0.25) is 0 Å². The van der Waals surface area contributed by atoms with Crippen LogP contribution >= 0.6 is 0 Å². The van der Waals surface area contributed by atoms with Crippen molar-refractivity contribution in [3.8, 4) is 0 Å². The molecule has 4 nitrogen and oxygen atoms in total. The van der Waals surface area contributed by atoms with Crippen LogP contribution in [0.3, 0.4) is 0 Å². The first kappa shape index (κ1) is 20.9. The van der Waals surface area contributed by atoms with Gasteiger partial charge in [-0.05, 0) is 37.1 Å². The molecule has 0 spiro atoms. The molecule has 158 valence electrons. The maximum absolute atomic E-state index is 14.4. The van der Waals surface area contributed by atoms with Gasteiger partial charge in [0.15, 0.2) is 0 Å². The summed E-state index contributed by atoms with van der Waals surface area (Å²) in [5, 5.41) is 4.79. The Kier molecular flexibility index (Phi) is 6.53. The minimum atomic E-state index is -0.174. The van der Waals surface area contributed by atoms with E-state index >= 15 is 0 Å². The van der Waals surface area contributed by atoms with E-state index in [-0.39, 0.29) is 5.82 Å². The third kappa shape index (κ3) is 5.25. The maximum atomic E-state index is 14.4. The van der Waals surface area contributed by atoms with Crippen LogP contribution in [0.1, 0.15) is 33.6 Å². The fourth-order valence-electron chi connectivity index (χ4n) is 3.88. The molecule has 0 bridgehead atoms. The van der Waals surface area contributed by atoms with Gasteiger partial charge < -0.3 is 0 Å². The molecule has 0 saturated heterocycles. The van der Waals surface area contributed by atoms with Gasteiger partial charge in [-0.2, -0.15) is 5.10 Å². The second-order valence-electron chi connectivity index (χ2n) is 7.89. The molecule has 0 amide bonds. The Labute approximate surface area is 183 Å². The van der Waals surface area contributed by atoms with Crippen molar-refractivity contribution in [2.24, 2.45) is 0 Å². The van der Waals surface area contributed by atoms with Crippen LogP contribution in [0.5, 0.6) is 0 Å². The molecule has 0 saturated carbocycles. The van der Waals surface area contributed by atoms with Crippen molar-refractivity contribution in [2.45, 2.75) is 40.0 Å². The summed E-state index contributed by atoms with van der Waals surface area (Å²) >= 11 is 0. The van der Waals surface area contributed by atoms with Gasteiger partial charge in [-0.1, -0.05) is 54.6 Å². The normalized spacial score (nSPS) is 11.2. The van der Waals surface area contributed by atoms with Gasteiger partial charge in [0.2, 0.25) is 0 Å². The molecule has 0 unspecified atom stereocenters. The van der Waals surface area contributed by atoms with Gasteiger partial charge in [0.1, 0.15) is 5.82 Å². The van der Waals surface area contributed by atoms with E-state index in [4.69, 9.17) is 5.10 Å². The van der Waals surface area contributed by atoms with Gasteiger partial charge in [-0.15, -0.1) is 0 Å². The van der Waals surface area contributed by atoms with Gasteiger partial charge in [-0.25, -0.2) is 4.39 Å². The van der Waals surface area contributed by atoms with E-state index in [0.717, 1.165) is 23.5 Å². The van der Waals surface area contributed by atoms with Crippen molar-refractivity contribution >= 4 is 0 Å². The summed E-state index contributed by atoms with van der Waals surface area (Å²) in [6.45, 7) is 6.80. The first-order valence-corrected chi connectivity index (χ1v) is 10.5. The second-order valence-corrected chi connectivity index (χ2v) is 7.89. The van der Waals surface area contributed by atoms with E-state index in [9.17, 15) is 4.39 Å². The fourth-order valence-corrected chi connectivity index (χ4v) is 3.88. The van der Waals surface area contributed by atoms with Gasteiger partial charge in [0.05, 0.1) is 12.2 Å². The first-order valence-electron chi connectivity index (χ1n) is 10.5. The Morgan fingerprint density at radius 1 is 0.839 bits per heavy atom. The van der Waals surface area contributed by atoms with E-state index in [1.54, 1.807) is 12.3 Å². The van der Waals surface area contributed by atoms with E-state index in [1.165, 1.54) is 17.2 Å². The van der Waals surface area contributed by atoms with Gasteiger partial charge in [-0.3, -0.25) is 14.6 Å². The molecule has 5 heteroatoms. The summed E-state index contributed by atoms with van der Waals surface area (Å²) in [5.74, 6) is -0.174. The Morgan fingerprint density at radius 2 is 1.58 bits per heavy atom. The van der Waals surface area contributed by atoms with Crippen molar-refractivity contribution in [1.29, 1.82) is 0 Å². The largest absolute Gasteiger partial charge is 0.290 e. The number of hydrogen-bond acceptors (Lipinski definition) is 3. The Bertz CT molecular complexity index is 1120. The lowest BCUT2D eigenvalue weighted by atomic mass is 10.1. The van der Waals surface area contributed by atoms with Crippen molar-refractivity contribution in [2.75, 3.05) is 0 Å². The number of nitrogens with zero attached hydrogens (tertiary/aromatic N) is 4. The average molecular weight is 415 g/mol. The molecule has 0 aliphatic rings. The Balaban J connectivity index is 1.59. The first-order chi connectivity index (χ1) is 15.1. The van der Waals surface area contributed by atoms with E-state index in [1.807, 2.05) is 42.6 Å². The van der Waals surface area contributed by atoms with Crippen LogP contribution in [-0.4, -0.2) is 19.7 Å². The maximum Gasteiger partial charge on any atom is 0.127 e. The molecule has 2 aromatic heterocycles. The number of halogens is 1. The third-order valence-corrected chi connectivity index (χ3v) is 5.57. The van der Waals surface area contributed by atoms with Crippen LogP contribution in [0, 0.1) is 19.7 Å². The molecule has 4 rings (SSSR count). The molecule has 0 radical (unpaired) electrons. The average Bonchev–Trinajstić information content (AvgIpc) is 3.04. The van der Waals surface area contributed by atoms with Gasteiger partial charge in [0.25, 0.3) is 0 Å². The molecule has 0 aliphatic carbocycles. The van der Waals surface area contributed by atoms with Crippen molar-refractivity contribution in [1.82, 2.24) is 19.7 Å². The van der Waals surface area contributed by atoms with E-state index in [2.05, 4.69) is 46.6 Å². The number of aromatic nitrogens is 3. The lowest BCUT2D eigenvalue weighted by molar-refractivity contribution is 0.243. The summed E-state index contributed by atoms with van der Waals surface area (Å²) in [7, 11) is 0. The highest BCUT2D eigenvalue weighted by Gasteiger charge is 2.17. The quantitative estimate of drug-likeness (QED) is 0.393. The SMILES string of the molecule is Cc1nn(Cc2ccccc2)c(C)c1CN(Cc1cccnc1)Cc1ccccc1F. The highest BCUT2D eigenvalue weighted by molar-refractivity contribution is 5.27. The number of hydrogen-bond donors (Lipinski definition) is 0. The topological polar surface area (TPSA) is 34.0 Å². The molecule has 31 heavy (non-hydrogen) atoms. The van der Waals surface area contributed by atoms with Crippen LogP contribution in [-0.2, 0) is 26.2 Å². The van der Waals surface area contributed by atoms with Crippen LogP contribution in [0.15, 0.2) is 79.1 Å². The van der Waals surface area contributed by atoms with Crippen LogP contribution in [0.4, 0.5) is 4.39 Å². The zero-order chi connectivity index (χ0) is 21.6. The molecule has 0 fully saturated rings. The summed E-state index contributed by atoms with van der Waals surface area (Å²) in [6.07, 6.45) is 3.64. The van der Waals surface area contributed by atoms with E-state index < -0.39 is 0 Å². The predicted molar refractivity (Wildman–Crippen MR) is 121 cm³/mol. The highest BCUT2D eigenvalue weighted by atomic mass is 19.1. The molecule has 0 aliphatic heterocycles. The molecule has 2 heterocycles. The summed E-state index contributed by atoms with van der Waals surface area (Å²) in [6, 6.07) is 21.3. The smallest absolute Gasteiger partial charge is 0.127 e. The Morgan fingerprint density at radius 3 is 2.32 bits per heavy atom. The minimum absolute atomic E-state index is 0.174. The zero-order valence-corrected chi connectivity index (χ0v) is 18.0. The molecule has 2 aromatic carbocycles. The summed E-state index contributed by atoms with van der Waals surface area (Å²) in [4.78, 5) is 6.49. The molecule has 4 aromatic rings. The minimum Gasteiger partial charge on any atom is -0.290 e. The standard InChI is InChI=1S/C26H27FN4/c1-20-25(21(2)31(29-20)17-22-9-4-3-5-10-22)19-30(16-23-11-8-14-28-15-23)18-24-12-6-7-13-26(24)27/h3-15H,16-19H2,1-2H3. The molecule has 0 N–H and O–H groups in total. The number of benzene rings is 2. The zero-order valence-electron chi connectivity index (χ0n) is 18.0. The predicted octanol–water partition coefficient (Wildman–Crippen LogP) is 5.28. The van der Waals surface area contributed by atoms with Crippen LogP contribution < -0.4 is 0 Å². The number of aryl methyl sites for hydroxylation is 1. The lowest BCUT2D eigenvalue weighted by Gasteiger charge is -2.23. The van der Waals surface area contributed by atoms with Crippen molar-refractivity contribution in [3.05, 3.63) is 119 Å². The molecule has 0 atom stereocenters. The fraction of sp³-hybridized carbons (Fsp3) is 0.231. The Hall–Kier alpha value is -3.31. The summed E-state index contributed by atoms with van der Waals surface area (Å²) < 4.78 is 16.4. The number of rotatable bonds is 8. The lowest BCUT2D eigenvalue weighted by Crippen LogP contribution is -2.23. The van der Waals surface area contributed by atoms with Gasteiger partial charge in [0, 0.05) is 48.8 Å². The monoisotopic (exact) mass is 414 g/mol. The highest BCUT2D eigenvalue weighted by Crippen LogP contribution is 2.21. The van der Waals surface area contributed by atoms with E-state index in [0.29, 0.717) is 25.2 Å². The van der Waals surface area contributed by atoms with Crippen molar-refractivity contribution in [3.63, 3.8) is 0 Å². The van der Waals surface area contributed by atoms with Crippen molar-refractivity contribution < 1.29 is 4.39 Å². The summed E-state index contributed by atoms with van der Waals surface area (Å²) in [5.41, 5.74) is 6.36.